The Kier molecular flexibility index (Phi) is 6.74. The molecule has 1 atom stereocenters. The van der Waals surface area contributed by atoms with E-state index in [-0.39, 0.29) is 23.6 Å². The quantitative estimate of drug-likeness (QED) is 0.493. The Bertz CT molecular complexity index is 1200. The highest BCUT2D eigenvalue weighted by Gasteiger charge is 2.40. The number of phenols is 1. The van der Waals surface area contributed by atoms with Crippen molar-refractivity contribution in [1.82, 2.24) is 15.2 Å². The van der Waals surface area contributed by atoms with Gasteiger partial charge in [0.2, 0.25) is 0 Å². The number of amides is 3. The van der Waals surface area contributed by atoms with E-state index in [0.717, 1.165) is 54.8 Å². The first kappa shape index (κ1) is 25.3. The zero-order chi connectivity index (χ0) is 26.3. The molecule has 0 bridgehead atoms. The smallest absolute Gasteiger partial charge is 0.415 e. The highest BCUT2D eigenvalue weighted by molar-refractivity contribution is 6.02. The van der Waals surface area contributed by atoms with Gasteiger partial charge in [0.15, 0.2) is 0 Å². The van der Waals surface area contributed by atoms with E-state index in [1.165, 1.54) is 4.90 Å². The van der Waals surface area contributed by atoms with Gasteiger partial charge in [-0.1, -0.05) is 26.8 Å². The van der Waals surface area contributed by atoms with Gasteiger partial charge in [-0.25, -0.2) is 19.5 Å². The average molecular weight is 509 g/mol. The molecule has 3 aliphatic rings. The van der Waals surface area contributed by atoms with Crippen LogP contribution in [-0.2, 0) is 6.54 Å². The number of carboxylic acid groups (broad SMARTS) is 1. The Labute approximate surface area is 217 Å². The molecule has 2 fully saturated rings. The van der Waals surface area contributed by atoms with Gasteiger partial charge in [-0.2, -0.15) is 0 Å². The highest BCUT2D eigenvalue weighted by atomic mass is 16.5. The first-order valence-electron chi connectivity index (χ1n) is 13.1. The third-order valence-electron chi connectivity index (χ3n) is 7.20. The van der Waals surface area contributed by atoms with Crippen molar-refractivity contribution in [3.05, 3.63) is 35.4 Å². The topological polar surface area (TPSA) is 115 Å². The number of ether oxygens (including phenoxy) is 1. The predicted octanol–water partition coefficient (Wildman–Crippen LogP) is 5.18. The number of hydrogen-bond acceptors (Lipinski definition) is 6. The van der Waals surface area contributed by atoms with Gasteiger partial charge in [0.25, 0.3) is 0 Å². The van der Waals surface area contributed by atoms with E-state index < -0.39 is 12.1 Å². The predicted molar refractivity (Wildman–Crippen MR) is 140 cm³/mol. The molecule has 0 spiro atoms. The number of rotatable bonds is 6. The lowest BCUT2D eigenvalue weighted by Gasteiger charge is -2.39. The number of anilines is 1. The van der Waals surface area contributed by atoms with Gasteiger partial charge in [-0.05, 0) is 73.2 Å². The van der Waals surface area contributed by atoms with E-state index in [4.69, 9.17) is 9.72 Å². The van der Waals surface area contributed by atoms with Gasteiger partial charge in [-0.15, -0.1) is 0 Å². The number of nitrogens with one attached hydrogen (secondary N) is 1. The van der Waals surface area contributed by atoms with Gasteiger partial charge in [0.1, 0.15) is 17.3 Å². The standard InChI is InChI=1S/C28H36N4O5/c1-28(2,3)16-32-25-20(14-31(26(32)34)27(35)36)19(18-6-5-11-29-13-18)12-21(30-25)24-22(33)7-4-8-23(24)37-15-17-9-10-17/h4,7-8,12,17-18,29,33H,5-6,9-11,13-16H2,1-3H3,(H,35,36). The Morgan fingerprint density at radius 3 is 2.68 bits per heavy atom. The molecule has 37 heavy (non-hydrogen) atoms. The van der Waals surface area contributed by atoms with Gasteiger partial charge < -0.3 is 20.3 Å². The summed E-state index contributed by atoms with van der Waals surface area (Å²) in [5.41, 5.74) is 2.44. The molecule has 9 nitrogen and oxygen atoms in total. The number of fused-ring (bicyclic) bond motifs is 1. The van der Waals surface area contributed by atoms with E-state index in [9.17, 15) is 19.8 Å². The minimum atomic E-state index is -1.28. The van der Waals surface area contributed by atoms with Crippen LogP contribution in [0, 0.1) is 11.3 Å². The largest absolute Gasteiger partial charge is 0.507 e. The first-order chi connectivity index (χ1) is 17.6. The van der Waals surface area contributed by atoms with E-state index in [0.29, 0.717) is 41.9 Å². The molecule has 2 aliphatic heterocycles. The van der Waals surface area contributed by atoms with Crippen LogP contribution in [0.2, 0.25) is 0 Å². The lowest BCUT2D eigenvalue weighted by molar-refractivity contribution is 0.145. The maximum absolute atomic E-state index is 13.4. The van der Waals surface area contributed by atoms with Crippen LogP contribution in [0.25, 0.3) is 11.3 Å². The number of aromatic hydroxyl groups is 1. The SMILES string of the molecule is CC(C)(C)CN1C(=O)N(C(=O)O)Cc2c(C3CCCNC3)cc(-c3c(O)cccc3OCC3CC3)nc21. The van der Waals surface area contributed by atoms with Crippen molar-refractivity contribution < 1.29 is 24.5 Å². The Morgan fingerprint density at radius 1 is 1.24 bits per heavy atom. The second kappa shape index (κ2) is 9.85. The number of urea groups is 1. The summed E-state index contributed by atoms with van der Waals surface area (Å²) in [5.74, 6) is 1.75. The lowest BCUT2D eigenvalue weighted by Crippen LogP contribution is -2.52. The van der Waals surface area contributed by atoms with Crippen LogP contribution >= 0.6 is 0 Å². The maximum atomic E-state index is 13.4. The zero-order valence-electron chi connectivity index (χ0n) is 21.8. The van der Waals surface area contributed by atoms with Gasteiger partial charge >= 0.3 is 12.1 Å². The number of nitrogens with zero attached hydrogens (tertiary/aromatic N) is 3. The molecule has 1 aliphatic carbocycles. The maximum Gasteiger partial charge on any atom is 0.415 e. The molecule has 1 aromatic heterocycles. The Hall–Kier alpha value is -3.33. The molecular formula is C28H36N4O5. The molecule has 2 aromatic rings. The van der Waals surface area contributed by atoms with Crippen molar-refractivity contribution in [3.8, 4) is 22.8 Å². The molecule has 1 saturated carbocycles. The molecule has 1 aromatic carbocycles. The van der Waals surface area contributed by atoms with Gasteiger partial charge in [0.05, 0.1) is 24.4 Å². The van der Waals surface area contributed by atoms with E-state index in [1.54, 1.807) is 12.1 Å². The fraction of sp³-hybridized carbons (Fsp3) is 0.536. The summed E-state index contributed by atoms with van der Waals surface area (Å²) in [6.07, 6.45) is 2.95. The number of piperidine rings is 1. The number of imide groups is 1. The minimum Gasteiger partial charge on any atom is -0.507 e. The van der Waals surface area contributed by atoms with Crippen molar-refractivity contribution in [3.63, 3.8) is 0 Å². The summed E-state index contributed by atoms with van der Waals surface area (Å²) in [7, 11) is 0. The average Bonchev–Trinajstić information content (AvgIpc) is 3.68. The number of aromatic nitrogens is 1. The van der Waals surface area contributed by atoms with E-state index >= 15 is 0 Å². The van der Waals surface area contributed by atoms with Crippen LogP contribution in [-0.4, -0.2) is 58.5 Å². The van der Waals surface area contributed by atoms with Gasteiger partial charge in [-0.3, -0.25) is 4.90 Å². The number of phenolic OH excluding ortho intramolecular Hbond substituents is 1. The van der Waals surface area contributed by atoms with Crippen LogP contribution in [0.4, 0.5) is 15.4 Å². The van der Waals surface area contributed by atoms with Gasteiger partial charge in [0, 0.05) is 18.7 Å². The first-order valence-corrected chi connectivity index (χ1v) is 13.1. The summed E-state index contributed by atoms with van der Waals surface area (Å²) in [6.45, 7) is 8.53. The van der Waals surface area contributed by atoms with Crippen molar-refractivity contribution in [2.45, 2.75) is 58.9 Å². The number of benzene rings is 1. The Morgan fingerprint density at radius 2 is 2.03 bits per heavy atom. The molecule has 3 heterocycles. The molecule has 5 rings (SSSR count). The van der Waals surface area contributed by atoms with E-state index in [1.807, 2.05) is 32.9 Å². The van der Waals surface area contributed by atoms with Crippen LogP contribution in [0.3, 0.4) is 0 Å². The summed E-state index contributed by atoms with van der Waals surface area (Å²) >= 11 is 0. The lowest BCUT2D eigenvalue weighted by atomic mass is 9.86. The zero-order valence-corrected chi connectivity index (χ0v) is 21.8. The summed E-state index contributed by atoms with van der Waals surface area (Å²) in [4.78, 5) is 32.8. The van der Waals surface area contributed by atoms with Crippen molar-refractivity contribution in [2.75, 3.05) is 31.1 Å². The van der Waals surface area contributed by atoms with Crippen LogP contribution in [0.5, 0.6) is 11.5 Å². The number of pyridine rings is 1. The number of carbonyl (C=O) groups excluding carboxylic acids is 1. The van der Waals surface area contributed by atoms with Crippen molar-refractivity contribution in [1.29, 1.82) is 0 Å². The molecule has 3 N–H and O–H groups in total. The minimum absolute atomic E-state index is 0.0466. The molecule has 1 unspecified atom stereocenters. The van der Waals surface area contributed by atoms with Crippen LogP contribution in [0.15, 0.2) is 24.3 Å². The van der Waals surface area contributed by atoms with Crippen LogP contribution < -0.4 is 15.0 Å². The fourth-order valence-corrected chi connectivity index (χ4v) is 5.19. The number of carbonyl (C=O) groups is 2. The van der Waals surface area contributed by atoms with E-state index in [2.05, 4.69) is 5.32 Å². The second-order valence-corrected chi connectivity index (χ2v) is 11.6. The van der Waals surface area contributed by atoms with Crippen molar-refractivity contribution in [2.24, 2.45) is 11.3 Å². The molecule has 1 saturated heterocycles. The fourth-order valence-electron chi connectivity index (χ4n) is 5.19. The summed E-state index contributed by atoms with van der Waals surface area (Å²) in [5, 5.41) is 24.3. The molecule has 198 valence electrons. The molecular weight excluding hydrogens is 472 g/mol. The van der Waals surface area contributed by atoms with Crippen molar-refractivity contribution >= 4 is 17.9 Å². The third-order valence-corrected chi connectivity index (χ3v) is 7.20. The number of hydrogen-bond donors (Lipinski definition) is 3. The highest BCUT2D eigenvalue weighted by Crippen LogP contribution is 2.44. The van der Waals surface area contributed by atoms with Crippen LogP contribution in [0.1, 0.15) is 63.5 Å². The molecule has 9 heteroatoms. The summed E-state index contributed by atoms with van der Waals surface area (Å²) in [6, 6.07) is 6.57. The molecule has 0 radical (unpaired) electrons. The normalized spacial score (nSPS) is 20.1. The second-order valence-electron chi connectivity index (χ2n) is 11.6. The Balaban J connectivity index is 1.69. The summed E-state index contributed by atoms with van der Waals surface area (Å²) < 4.78 is 6.12. The molecule has 3 amide bonds. The monoisotopic (exact) mass is 508 g/mol. The third kappa shape index (κ3) is 5.37.